The topological polar surface area (TPSA) is 58.2 Å². The van der Waals surface area contributed by atoms with Crippen LogP contribution in [0.15, 0.2) is 42.5 Å². The van der Waals surface area contributed by atoms with Crippen molar-refractivity contribution in [3.05, 3.63) is 64.7 Å². The van der Waals surface area contributed by atoms with Gasteiger partial charge in [-0.3, -0.25) is 9.59 Å². The molecule has 2 aromatic carbocycles. The largest absolute Gasteiger partial charge is 0.344 e. The normalized spacial score (nSPS) is 10.5. The maximum absolute atomic E-state index is 12.0. The lowest BCUT2D eigenvalue weighted by Crippen LogP contribution is -2.35. The maximum atomic E-state index is 12.0. The second kappa shape index (κ2) is 7.77. The van der Waals surface area contributed by atoms with E-state index in [0.717, 1.165) is 16.7 Å². The number of hydrogen-bond donors (Lipinski definition) is 2. The predicted molar refractivity (Wildman–Crippen MR) is 96.9 cm³/mol. The van der Waals surface area contributed by atoms with Crippen molar-refractivity contribution >= 4 is 17.5 Å². The van der Waals surface area contributed by atoms with E-state index in [1.54, 1.807) is 6.07 Å². The molecule has 24 heavy (non-hydrogen) atoms. The molecule has 0 aromatic heterocycles. The smallest absolute Gasteiger partial charge is 0.313 e. The van der Waals surface area contributed by atoms with Crippen LogP contribution in [0.5, 0.6) is 0 Å². The molecule has 0 aliphatic rings. The molecule has 0 saturated carbocycles. The van der Waals surface area contributed by atoms with Gasteiger partial charge in [-0.1, -0.05) is 50.2 Å². The lowest BCUT2D eigenvalue weighted by molar-refractivity contribution is -0.136. The van der Waals surface area contributed by atoms with Crippen LogP contribution in [-0.2, 0) is 16.1 Å². The zero-order valence-electron chi connectivity index (χ0n) is 14.6. The number of carbonyl (C=O) groups excluding carboxylic acids is 2. The van der Waals surface area contributed by atoms with Gasteiger partial charge < -0.3 is 10.6 Å². The molecule has 0 aliphatic heterocycles. The molecule has 126 valence electrons. The number of carbonyl (C=O) groups is 2. The minimum absolute atomic E-state index is 0.331. The van der Waals surface area contributed by atoms with Crippen LogP contribution >= 0.6 is 0 Å². The second-order valence-electron chi connectivity index (χ2n) is 6.28. The lowest BCUT2D eigenvalue weighted by atomic mass is 10.0. The van der Waals surface area contributed by atoms with Crippen molar-refractivity contribution < 1.29 is 9.59 Å². The molecule has 0 atom stereocenters. The fourth-order valence-corrected chi connectivity index (χ4v) is 2.35. The summed E-state index contributed by atoms with van der Waals surface area (Å²) in [5.74, 6) is -0.816. The fourth-order valence-electron chi connectivity index (χ4n) is 2.35. The standard InChI is InChI=1S/C20H24N2O2/c1-13(2)17-10-8-16(9-11-17)12-21-19(23)20(24)22-18-7-5-6-14(3)15(18)4/h5-11,13H,12H2,1-4H3,(H,21,23)(H,22,24). The molecule has 0 aliphatic carbocycles. The van der Waals surface area contributed by atoms with Crippen molar-refractivity contribution in [2.45, 2.75) is 40.2 Å². The molecule has 0 fully saturated rings. The summed E-state index contributed by atoms with van der Waals surface area (Å²) in [6.07, 6.45) is 0. The Bertz CT molecular complexity index is 734. The summed E-state index contributed by atoms with van der Waals surface area (Å²) in [7, 11) is 0. The molecule has 4 heteroatoms. The molecule has 0 spiro atoms. The molecule has 0 heterocycles. The first kappa shape index (κ1) is 17.7. The molecule has 2 amide bonds. The highest BCUT2D eigenvalue weighted by Crippen LogP contribution is 2.18. The summed E-state index contributed by atoms with van der Waals surface area (Å²) in [5, 5.41) is 5.31. The van der Waals surface area contributed by atoms with Crippen LogP contribution in [0.25, 0.3) is 0 Å². The Morgan fingerprint density at radius 1 is 0.958 bits per heavy atom. The molecule has 0 saturated heterocycles. The van der Waals surface area contributed by atoms with Crippen LogP contribution in [-0.4, -0.2) is 11.8 Å². The van der Waals surface area contributed by atoms with E-state index in [2.05, 4.69) is 24.5 Å². The number of amides is 2. The van der Waals surface area contributed by atoms with Gasteiger partial charge in [-0.2, -0.15) is 0 Å². The van der Waals surface area contributed by atoms with E-state index in [4.69, 9.17) is 0 Å². The maximum Gasteiger partial charge on any atom is 0.313 e. The molecule has 2 rings (SSSR count). The van der Waals surface area contributed by atoms with Crippen molar-refractivity contribution in [1.29, 1.82) is 0 Å². The number of benzene rings is 2. The first-order valence-electron chi connectivity index (χ1n) is 8.12. The molecular formula is C20H24N2O2. The third kappa shape index (κ3) is 4.44. The fraction of sp³-hybridized carbons (Fsp3) is 0.300. The highest BCUT2D eigenvalue weighted by atomic mass is 16.2. The number of nitrogens with one attached hydrogen (secondary N) is 2. The van der Waals surface area contributed by atoms with Crippen molar-refractivity contribution in [2.24, 2.45) is 0 Å². The van der Waals surface area contributed by atoms with E-state index in [-0.39, 0.29) is 0 Å². The van der Waals surface area contributed by atoms with Crippen LogP contribution in [0.1, 0.15) is 42.0 Å². The zero-order chi connectivity index (χ0) is 17.7. The van der Waals surface area contributed by atoms with Crippen LogP contribution in [0, 0.1) is 13.8 Å². The van der Waals surface area contributed by atoms with Gasteiger partial charge in [0.2, 0.25) is 0 Å². The molecule has 0 unspecified atom stereocenters. The third-order valence-electron chi connectivity index (χ3n) is 4.16. The van der Waals surface area contributed by atoms with Gasteiger partial charge in [0.05, 0.1) is 0 Å². The first-order chi connectivity index (χ1) is 11.4. The van der Waals surface area contributed by atoms with E-state index in [1.165, 1.54) is 5.56 Å². The zero-order valence-corrected chi connectivity index (χ0v) is 14.6. The highest BCUT2D eigenvalue weighted by Gasteiger charge is 2.14. The minimum atomic E-state index is -0.650. The monoisotopic (exact) mass is 324 g/mol. The molecule has 2 aromatic rings. The van der Waals surface area contributed by atoms with Gasteiger partial charge in [0.15, 0.2) is 0 Å². The van der Waals surface area contributed by atoms with Gasteiger partial charge in [-0.05, 0) is 48.1 Å². The molecular weight excluding hydrogens is 300 g/mol. The summed E-state index contributed by atoms with van der Waals surface area (Å²) in [6, 6.07) is 13.6. The van der Waals surface area contributed by atoms with Crippen LogP contribution < -0.4 is 10.6 Å². The van der Waals surface area contributed by atoms with E-state index >= 15 is 0 Å². The van der Waals surface area contributed by atoms with E-state index < -0.39 is 11.8 Å². The summed E-state index contributed by atoms with van der Waals surface area (Å²) in [5.41, 5.74) is 4.91. The molecule has 0 bridgehead atoms. The van der Waals surface area contributed by atoms with Gasteiger partial charge in [-0.25, -0.2) is 0 Å². The van der Waals surface area contributed by atoms with Gasteiger partial charge in [-0.15, -0.1) is 0 Å². The minimum Gasteiger partial charge on any atom is -0.344 e. The summed E-state index contributed by atoms with van der Waals surface area (Å²) >= 11 is 0. The Balaban J connectivity index is 1.92. The van der Waals surface area contributed by atoms with Gasteiger partial charge in [0.25, 0.3) is 0 Å². The summed E-state index contributed by atoms with van der Waals surface area (Å²) in [6.45, 7) is 8.48. The Kier molecular flexibility index (Phi) is 5.74. The summed E-state index contributed by atoms with van der Waals surface area (Å²) < 4.78 is 0. The Hall–Kier alpha value is -2.62. The van der Waals surface area contributed by atoms with Crippen molar-refractivity contribution in [3.8, 4) is 0 Å². The van der Waals surface area contributed by atoms with Gasteiger partial charge in [0, 0.05) is 12.2 Å². The Morgan fingerprint density at radius 3 is 2.25 bits per heavy atom. The highest BCUT2D eigenvalue weighted by molar-refractivity contribution is 6.39. The van der Waals surface area contributed by atoms with Crippen LogP contribution in [0.2, 0.25) is 0 Å². The summed E-state index contributed by atoms with van der Waals surface area (Å²) in [4.78, 5) is 24.0. The molecule has 4 nitrogen and oxygen atoms in total. The average Bonchev–Trinajstić information content (AvgIpc) is 2.57. The van der Waals surface area contributed by atoms with Crippen LogP contribution in [0.4, 0.5) is 5.69 Å². The Morgan fingerprint density at radius 2 is 1.62 bits per heavy atom. The van der Waals surface area contributed by atoms with E-state index in [9.17, 15) is 9.59 Å². The van der Waals surface area contributed by atoms with Crippen LogP contribution in [0.3, 0.4) is 0 Å². The van der Waals surface area contributed by atoms with Crippen molar-refractivity contribution in [2.75, 3.05) is 5.32 Å². The van der Waals surface area contributed by atoms with Gasteiger partial charge >= 0.3 is 11.8 Å². The van der Waals surface area contributed by atoms with E-state index in [1.807, 2.05) is 50.2 Å². The first-order valence-corrected chi connectivity index (χ1v) is 8.12. The average molecular weight is 324 g/mol. The number of rotatable bonds is 4. The SMILES string of the molecule is Cc1cccc(NC(=O)C(=O)NCc2ccc(C(C)C)cc2)c1C. The van der Waals surface area contributed by atoms with E-state index in [0.29, 0.717) is 18.2 Å². The quantitative estimate of drug-likeness (QED) is 0.843. The molecule has 0 radical (unpaired) electrons. The Labute approximate surface area is 143 Å². The second-order valence-corrected chi connectivity index (χ2v) is 6.28. The molecule has 2 N–H and O–H groups in total. The van der Waals surface area contributed by atoms with Gasteiger partial charge in [0.1, 0.15) is 0 Å². The third-order valence-corrected chi connectivity index (χ3v) is 4.16. The van der Waals surface area contributed by atoms with Crippen molar-refractivity contribution in [1.82, 2.24) is 5.32 Å². The number of anilines is 1. The number of hydrogen-bond acceptors (Lipinski definition) is 2. The number of aryl methyl sites for hydroxylation is 1. The predicted octanol–water partition coefficient (Wildman–Crippen LogP) is 3.68. The van der Waals surface area contributed by atoms with Crippen molar-refractivity contribution in [3.63, 3.8) is 0 Å². The lowest BCUT2D eigenvalue weighted by Gasteiger charge is -2.11.